The van der Waals surface area contributed by atoms with Crippen molar-refractivity contribution in [3.05, 3.63) is 54.6 Å². The number of rotatable bonds is 4. The first kappa shape index (κ1) is 14.8. The first-order valence-corrected chi connectivity index (χ1v) is 8.12. The van der Waals surface area contributed by atoms with Crippen LogP contribution in [0, 0.1) is 0 Å². The molecule has 0 aliphatic heterocycles. The monoisotopic (exact) mass is 290 g/mol. The topological polar surface area (TPSA) is 34.1 Å². The normalized spacial score (nSPS) is 12.3. The minimum absolute atomic E-state index is 0.0949. The summed E-state index contributed by atoms with van der Waals surface area (Å²) < 4.78 is 25.0. The van der Waals surface area contributed by atoms with Crippen LogP contribution in [0.1, 0.15) is 0 Å². The molecule has 0 aromatic heterocycles. The number of nitrogens with zero attached hydrogens (tertiary/aromatic N) is 1. The Morgan fingerprint density at radius 2 is 1.30 bits per heavy atom. The van der Waals surface area contributed by atoms with Crippen molar-refractivity contribution in [2.24, 2.45) is 0 Å². The number of benzene rings is 2. The fourth-order valence-electron chi connectivity index (χ4n) is 2.07. The largest absolute Gasteiger partial charge is 0.318 e. The maximum absolute atomic E-state index is 12.3. The van der Waals surface area contributed by atoms with Crippen molar-refractivity contribution in [2.45, 2.75) is 4.90 Å². The van der Waals surface area contributed by atoms with Gasteiger partial charge in [0.15, 0.2) is 5.88 Å². The van der Waals surface area contributed by atoms with Crippen molar-refractivity contribution in [1.29, 1.82) is 0 Å². The van der Waals surface area contributed by atoms with E-state index in [1.807, 2.05) is 63.6 Å². The summed E-state index contributed by atoms with van der Waals surface area (Å²) in [4.78, 5) is 0.380. The lowest BCUT2D eigenvalue weighted by molar-refractivity contribution is -0.857. The Morgan fingerprint density at radius 1 is 0.800 bits per heavy atom. The summed E-state index contributed by atoms with van der Waals surface area (Å²) in [5.41, 5.74) is 2.11. The lowest BCUT2D eigenvalue weighted by Crippen LogP contribution is -2.39. The SMILES string of the molecule is C[N+](C)(C)CS(=O)(=O)c1ccc(-c2ccccc2)cc1. The molecule has 0 saturated carbocycles. The van der Waals surface area contributed by atoms with Crippen LogP contribution in [0.25, 0.3) is 11.1 Å². The van der Waals surface area contributed by atoms with Gasteiger partial charge in [-0.3, -0.25) is 0 Å². The van der Waals surface area contributed by atoms with Gasteiger partial charge in [0.05, 0.1) is 26.0 Å². The number of sulfone groups is 1. The van der Waals surface area contributed by atoms with Crippen LogP contribution in [0.4, 0.5) is 0 Å². The smallest absolute Gasteiger partial charge is 0.228 e. The molecule has 2 rings (SSSR count). The van der Waals surface area contributed by atoms with Gasteiger partial charge in [0.25, 0.3) is 0 Å². The molecule has 0 radical (unpaired) electrons. The highest BCUT2D eigenvalue weighted by atomic mass is 32.2. The molecule has 2 aromatic rings. The lowest BCUT2D eigenvalue weighted by atomic mass is 10.1. The third-order valence-electron chi connectivity index (χ3n) is 2.88. The van der Waals surface area contributed by atoms with Gasteiger partial charge >= 0.3 is 0 Å². The van der Waals surface area contributed by atoms with Crippen LogP contribution in [0.15, 0.2) is 59.5 Å². The second kappa shape index (κ2) is 5.38. The van der Waals surface area contributed by atoms with Crippen molar-refractivity contribution in [2.75, 3.05) is 27.0 Å². The van der Waals surface area contributed by atoms with E-state index >= 15 is 0 Å². The van der Waals surface area contributed by atoms with Crippen LogP contribution in [0.2, 0.25) is 0 Å². The minimum Gasteiger partial charge on any atom is -0.318 e. The molecular formula is C16H20NO2S+. The molecule has 0 amide bonds. The van der Waals surface area contributed by atoms with Crippen molar-refractivity contribution in [3.8, 4) is 11.1 Å². The molecule has 0 unspecified atom stereocenters. The van der Waals surface area contributed by atoms with Gasteiger partial charge in [0.2, 0.25) is 9.84 Å². The summed E-state index contributed by atoms with van der Waals surface area (Å²) >= 11 is 0. The van der Waals surface area contributed by atoms with Crippen LogP contribution >= 0.6 is 0 Å². The Balaban J connectivity index is 2.29. The maximum atomic E-state index is 12.3. The summed E-state index contributed by atoms with van der Waals surface area (Å²) in [6.07, 6.45) is 0. The van der Waals surface area contributed by atoms with E-state index in [0.717, 1.165) is 11.1 Å². The summed E-state index contributed by atoms with van der Waals surface area (Å²) in [7, 11) is 2.37. The Kier molecular flexibility index (Phi) is 3.97. The van der Waals surface area contributed by atoms with E-state index in [1.54, 1.807) is 12.1 Å². The molecule has 0 aliphatic rings. The summed E-state index contributed by atoms with van der Waals surface area (Å²) in [6.45, 7) is 0. The maximum Gasteiger partial charge on any atom is 0.228 e. The lowest BCUT2D eigenvalue weighted by Gasteiger charge is -2.23. The highest BCUT2D eigenvalue weighted by molar-refractivity contribution is 7.91. The molecule has 2 aromatic carbocycles. The number of hydrogen-bond donors (Lipinski definition) is 0. The zero-order valence-corrected chi connectivity index (χ0v) is 12.9. The van der Waals surface area contributed by atoms with Gasteiger partial charge in [-0.1, -0.05) is 42.5 Å². The zero-order chi connectivity index (χ0) is 14.8. The molecule has 106 valence electrons. The van der Waals surface area contributed by atoms with Gasteiger partial charge < -0.3 is 4.48 Å². The van der Waals surface area contributed by atoms with Crippen molar-refractivity contribution >= 4 is 9.84 Å². The van der Waals surface area contributed by atoms with Crippen molar-refractivity contribution in [1.82, 2.24) is 0 Å². The van der Waals surface area contributed by atoms with Gasteiger partial charge in [-0.05, 0) is 23.3 Å². The molecule has 0 bridgehead atoms. The van der Waals surface area contributed by atoms with E-state index in [9.17, 15) is 8.42 Å². The van der Waals surface area contributed by atoms with Gasteiger partial charge in [0.1, 0.15) is 0 Å². The molecule has 0 heterocycles. The van der Waals surface area contributed by atoms with Crippen LogP contribution in [0.3, 0.4) is 0 Å². The standard InChI is InChI=1S/C16H20NO2S/c1-17(2,3)13-20(18,19)16-11-9-15(10-12-16)14-7-5-4-6-8-14/h4-12H,13H2,1-3H3/q+1. The second-order valence-corrected chi connectivity index (χ2v) is 7.88. The van der Waals surface area contributed by atoms with E-state index in [4.69, 9.17) is 0 Å². The predicted octanol–water partition coefficient (Wildman–Crippen LogP) is 2.79. The molecule has 0 aliphatic carbocycles. The first-order valence-electron chi connectivity index (χ1n) is 6.47. The highest BCUT2D eigenvalue weighted by Gasteiger charge is 2.23. The van der Waals surface area contributed by atoms with E-state index < -0.39 is 9.84 Å². The molecular weight excluding hydrogens is 270 g/mol. The first-order chi connectivity index (χ1) is 9.28. The van der Waals surface area contributed by atoms with Crippen LogP contribution in [-0.4, -0.2) is 39.9 Å². The summed E-state index contributed by atoms with van der Waals surface area (Å²) in [5, 5.41) is 0. The average Bonchev–Trinajstić information content (AvgIpc) is 2.37. The van der Waals surface area contributed by atoms with Gasteiger partial charge in [-0.25, -0.2) is 8.42 Å². The minimum atomic E-state index is -3.24. The fraction of sp³-hybridized carbons (Fsp3) is 0.250. The third-order valence-corrected chi connectivity index (χ3v) is 4.98. The third kappa shape index (κ3) is 3.68. The molecule has 0 N–H and O–H groups in total. The summed E-state index contributed by atoms with van der Waals surface area (Å²) in [6, 6.07) is 17.0. The molecule has 4 heteroatoms. The molecule has 3 nitrogen and oxygen atoms in total. The van der Waals surface area contributed by atoms with Crippen LogP contribution in [-0.2, 0) is 9.84 Å². The van der Waals surface area contributed by atoms with Crippen LogP contribution in [0.5, 0.6) is 0 Å². The average molecular weight is 290 g/mol. The van der Waals surface area contributed by atoms with Crippen LogP contribution < -0.4 is 0 Å². The fourth-order valence-corrected chi connectivity index (χ4v) is 3.79. The van der Waals surface area contributed by atoms with Crippen molar-refractivity contribution in [3.63, 3.8) is 0 Å². The highest BCUT2D eigenvalue weighted by Crippen LogP contribution is 2.22. The summed E-state index contributed by atoms with van der Waals surface area (Å²) in [5.74, 6) is 0.0949. The van der Waals surface area contributed by atoms with Gasteiger partial charge in [-0.2, -0.15) is 0 Å². The Bertz CT molecular complexity index is 669. The van der Waals surface area contributed by atoms with E-state index in [0.29, 0.717) is 9.38 Å². The number of hydrogen-bond acceptors (Lipinski definition) is 2. The Labute approximate surface area is 121 Å². The number of quaternary nitrogens is 1. The molecule has 0 fully saturated rings. The molecule has 0 spiro atoms. The molecule has 20 heavy (non-hydrogen) atoms. The molecule has 0 atom stereocenters. The second-order valence-electron chi connectivity index (χ2n) is 5.92. The Hall–Kier alpha value is -1.65. The van der Waals surface area contributed by atoms with E-state index in [2.05, 4.69) is 0 Å². The quantitative estimate of drug-likeness (QED) is 0.811. The van der Waals surface area contributed by atoms with E-state index in [1.165, 1.54) is 0 Å². The van der Waals surface area contributed by atoms with E-state index in [-0.39, 0.29) is 5.88 Å². The van der Waals surface area contributed by atoms with Gasteiger partial charge in [0, 0.05) is 0 Å². The Morgan fingerprint density at radius 3 is 1.80 bits per heavy atom. The zero-order valence-electron chi connectivity index (χ0n) is 12.1. The van der Waals surface area contributed by atoms with Crippen molar-refractivity contribution < 1.29 is 12.9 Å². The molecule has 0 saturated heterocycles. The predicted molar refractivity (Wildman–Crippen MR) is 82.0 cm³/mol. The van der Waals surface area contributed by atoms with Gasteiger partial charge in [-0.15, -0.1) is 0 Å².